The van der Waals surface area contributed by atoms with Crippen LogP contribution in [0.1, 0.15) is 187 Å². The fourth-order valence-corrected chi connectivity index (χ4v) is 7.63. The molecule has 0 atom stereocenters. The van der Waals surface area contributed by atoms with Crippen LogP contribution in [-0.2, 0) is 0 Å². The van der Waals surface area contributed by atoms with Gasteiger partial charge in [-0.3, -0.25) is 0 Å². The first-order valence-electron chi connectivity index (χ1n) is 18.3. The summed E-state index contributed by atoms with van der Waals surface area (Å²) in [5.41, 5.74) is 0. The van der Waals surface area contributed by atoms with Gasteiger partial charge in [-0.1, -0.05) is 165 Å². The molecular weight excluding hydrogens is 633 g/mol. The third-order valence-corrected chi connectivity index (χ3v) is 10.6. The Morgan fingerprint density at radius 2 is 0.867 bits per heavy atom. The SMILES string of the molecule is CCCCCCCCCC=Nc1nn(C(CCCCCCCCCC)n2nc(N=CCCCCCCCCC)sc2=S)c(=S)s1. The Morgan fingerprint density at radius 1 is 0.533 bits per heavy atom. The van der Waals surface area contributed by atoms with E-state index in [1.54, 1.807) is 0 Å². The molecule has 10 heteroatoms. The van der Waals surface area contributed by atoms with E-state index in [-0.39, 0.29) is 6.17 Å². The molecule has 2 aromatic heterocycles. The van der Waals surface area contributed by atoms with E-state index in [4.69, 9.17) is 34.6 Å². The van der Waals surface area contributed by atoms with Gasteiger partial charge in [0.05, 0.1) is 0 Å². The van der Waals surface area contributed by atoms with Gasteiger partial charge < -0.3 is 0 Å². The summed E-state index contributed by atoms with van der Waals surface area (Å²) in [7, 11) is 0. The van der Waals surface area contributed by atoms with Crippen LogP contribution in [0, 0.1) is 7.91 Å². The molecule has 0 bridgehead atoms. The van der Waals surface area contributed by atoms with Crippen LogP contribution in [0.25, 0.3) is 0 Å². The van der Waals surface area contributed by atoms with Crippen LogP contribution >= 0.6 is 47.1 Å². The topological polar surface area (TPSA) is 60.4 Å². The van der Waals surface area contributed by atoms with Crippen molar-refractivity contribution in [1.29, 1.82) is 0 Å². The maximum absolute atomic E-state index is 5.82. The Labute approximate surface area is 293 Å². The zero-order chi connectivity index (χ0) is 32.4. The standard InChI is InChI=1S/C35H62N6S4/c1-4-7-10-13-16-19-22-25-28-31(40-34(42)44-32(38-40)36-29-26-23-20-17-14-11-8-5-2)41-35(43)45-33(39-41)37-30-27-24-21-18-15-12-9-6-3/h29-31H,4-28H2,1-3H3. The van der Waals surface area contributed by atoms with Crippen LogP contribution < -0.4 is 0 Å². The molecule has 0 unspecified atom stereocenters. The van der Waals surface area contributed by atoms with E-state index < -0.39 is 0 Å². The van der Waals surface area contributed by atoms with Gasteiger partial charge in [-0.15, -0.1) is 10.2 Å². The van der Waals surface area contributed by atoms with Crippen LogP contribution in [0.5, 0.6) is 0 Å². The number of hydrogen-bond donors (Lipinski definition) is 0. The Bertz CT molecular complexity index is 1080. The van der Waals surface area contributed by atoms with E-state index >= 15 is 0 Å². The quantitative estimate of drug-likeness (QED) is 0.0483. The molecule has 0 aliphatic carbocycles. The Morgan fingerprint density at radius 3 is 1.24 bits per heavy atom. The fourth-order valence-electron chi connectivity index (χ4n) is 5.52. The zero-order valence-corrected chi connectivity index (χ0v) is 32.0. The first-order chi connectivity index (χ1) is 22.1. The van der Waals surface area contributed by atoms with E-state index in [0.29, 0.717) is 0 Å². The summed E-state index contributed by atoms with van der Waals surface area (Å²) in [6.07, 6.45) is 35.2. The molecule has 2 rings (SSSR count). The van der Waals surface area contributed by atoms with E-state index in [1.807, 2.05) is 21.8 Å². The lowest BCUT2D eigenvalue weighted by atomic mass is 10.1. The smallest absolute Gasteiger partial charge is 0.230 e. The highest BCUT2D eigenvalue weighted by atomic mass is 32.2. The molecule has 0 aliphatic heterocycles. The molecule has 0 saturated heterocycles. The lowest BCUT2D eigenvalue weighted by Crippen LogP contribution is -2.20. The molecule has 0 aromatic carbocycles. The molecule has 6 nitrogen and oxygen atoms in total. The first-order valence-corrected chi connectivity index (χ1v) is 20.8. The number of aliphatic imine (C=N–C) groups is 2. The minimum Gasteiger partial charge on any atom is -0.231 e. The zero-order valence-electron chi connectivity index (χ0n) is 28.7. The molecule has 0 aliphatic rings. The Balaban J connectivity index is 2.00. The van der Waals surface area contributed by atoms with Gasteiger partial charge in [-0.05, 0) is 63.0 Å². The highest BCUT2D eigenvalue weighted by Gasteiger charge is 2.20. The highest BCUT2D eigenvalue weighted by Crippen LogP contribution is 2.29. The van der Waals surface area contributed by atoms with E-state index in [9.17, 15) is 0 Å². The summed E-state index contributed by atoms with van der Waals surface area (Å²) >= 11 is 14.6. The van der Waals surface area contributed by atoms with Crippen molar-refractivity contribution >= 4 is 69.8 Å². The summed E-state index contributed by atoms with van der Waals surface area (Å²) < 4.78 is 5.31. The van der Waals surface area contributed by atoms with Gasteiger partial charge in [0.15, 0.2) is 7.91 Å². The molecular formula is C35H62N6S4. The molecule has 0 saturated carbocycles. The maximum Gasteiger partial charge on any atom is 0.230 e. The normalized spacial score (nSPS) is 12.7. The second kappa shape index (κ2) is 26.9. The lowest BCUT2D eigenvalue weighted by molar-refractivity contribution is 0.323. The molecule has 2 heterocycles. The Kier molecular flexibility index (Phi) is 24.0. The van der Waals surface area contributed by atoms with Crippen LogP contribution in [-0.4, -0.2) is 32.0 Å². The van der Waals surface area contributed by atoms with Crippen molar-refractivity contribution in [3.8, 4) is 0 Å². The van der Waals surface area contributed by atoms with E-state index in [2.05, 4.69) is 30.8 Å². The van der Waals surface area contributed by atoms with Gasteiger partial charge in [0.2, 0.25) is 10.3 Å². The van der Waals surface area contributed by atoms with Crippen LogP contribution in [0.2, 0.25) is 0 Å². The third kappa shape index (κ3) is 18.1. The van der Waals surface area contributed by atoms with Gasteiger partial charge in [-0.2, -0.15) is 0 Å². The summed E-state index contributed by atoms with van der Waals surface area (Å²) in [4.78, 5) is 9.38. The molecule has 0 radical (unpaired) electrons. The fraction of sp³-hybridized carbons (Fsp3) is 0.829. The monoisotopic (exact) mass is 694 g/mol. The van der Waals surface area contributed by atoms with Crippen molar-refractivity contribution < 1.29 is 0 Å². The molecule has 0 fully saturated rings. The number of hydrogen-bond acceptors (Lipinski definition) is 8. The van der Waals surface area contributed by atoms with Crippen molar-refractivity contribution in [3.05, 3.63) is 7.91 Å². The third-order valence-electron chi connectivity index (χ3n) is 8.28. The maximum atomic E-state index is 5.82. The number of nitrogens with zero attached hydrogens (tertiary/aromatic N) is 6. The Hall–Kier alpha value is -1.10. The van der Waals surface area contributed by atoms with E-state index in [1.165, 1.54) is 158 Å². The summed E-state index contributed by atoms with van der Waals surface area (Å²) in [6, 6.07) is 0. The van der Waals surface area contributed by atoms with Crippen molar-refractivity contribution in [2.24, 2.45) is 9.98 Å². The van der Waals surface area contributed by atoms with Gasteiger partial charge in [0, 0.05) is 12.4 Å². The summed E-state index contributed by atoms with van der Waals surface area (Å²) in [5.74, 6) is 0. The minimum absolute atomic E-state index is 0.142. The molecule has 0 spiro atoms. The molecule has 0 amide bonds. The second-order valence-corrected chi connectivity index (χ2v) is 15.6. The van der Waals surface area contributed by atoms with Crippen LogP contribution in [0.15, 0.2) is 9.98 Å². The van der Waals surface area contributed by atoms with Crippen LogP contribution in [0.4, 0.5) is 10.3 Å². The molecule has 0 N–H and O–H groups in total. The second-order valence-electron chi connectivity index (χ2n) is 12.4. The average molecular weight is 695 g/mol. The predicted octanol–water partition coefficient (Wildman–Crippen LogP) is 13.9. The summed E-state index contributed by atoms with van der Waals surface area (Å²) in [6.45, 7) is 6.80. The van der Waals surface area contributed by atoms with Gasteiger partial charge in [0.25, 0.3) is 0 Å². The first kappa shape index (κ1) is 40.1. The molecule has 2 aromatic rings. The highest BCUT2D eigenvalue weighted by molar-refractivity contribution is 7.73. The lowest BCUT2D eigenvalue weighted by Gasteiger charge is -2.17. The van der Waals surface area contributed by atoms with E-state index in [0.717, 1.165) is 43.9 Å². The molecule has 256 valence electrons. The average Bonchev–Trinajstić information content (AvgIpc) is 3.59. The largest absolute Gasteiger partial charge is 0.231 e. The van der Waals surface area contributed by atoms with Gasteiger partial charge >= 0.3 is 0 Å². The predicted molar refractivity (Wildman–Crippen MR) is 205 cm³/mol. The summed E-state index contributed by atoms with van der Waals surface area (Å²) in [5, 5.41) is 11.2. The van der Waals surface area contributed by atoms with Gasteiger partial charge in [0.1, 0.15) is 6.17 Å². The van der Waals surface area contributed by atoms with Gasteiger partial charge in [-0.25, -0.2) is 19.3 Å². The number of rotatable bonds is 29. The van der Waals surface area contributed by atoms with Crippen LogP contribution in [0.3, 0.4) is 0 Å². The molecule has 45 heavy (non-hydrogen) atoms. The number of unbranched alkanes of at least 4 members (excludes halogenated alkanes) is 21. The van der Waals surface area contributed by atoms with Crippen molar-refractivity contribution in [2.45, 2.75) is 187 Å². The van der Waals surface area contributed by atoms with Crippen molar-refractivity contribution in [2.75, 3.05) is 0 Å². The minimum atomic E-state index is -0.142. The van der Waals surface area contributed by atoms with Crippen molar-refractivity contribution in [3.63, 3.8) is 0 Å². The van der Waals surface area contributed by atoms with Crippen molar-refractivity contribution in [1.82, 2.24) is 19.6 Å². The number of aromatic nitrogens is 4.